The van der Waals surface area contributed by atoms with Crippen LogP contribution in [0.5, 0.6) is 0 Å². The second-order valence-corrected chi connectivity index (χ2v) is 7.24. The van der Waals surface area contributed by atoms with E-state index in [1.54, 1.807) is 0 Å². The van der Waals surface area contributed by atoms with Crippen LogP contribution in [0.4, 0.5) is 0 Å². The molecule has 2 aliphatic rings. The van der Waals surface area contributed by atoms with E-state index in [2.05, 4.69) is 10.6 Å². The molecule has 0 aromatic heterocycles. The van der Waals surface area contributed by atoms with Gasteiger partial charge in [0.05, 0.1) is 11.1 Å². The number of ether oxygens (including phenoxy) is 2. The summed E-state index contributed by atoms with van der Waals surface area (Å²) in [6.45, 7) is 3.02. The number of carbonyl (C=O) groups excluding carboxylic acids is 4. The summed E-state index contributed by atoms with van der Waals surface area (Å²) < 4.78 is 10.3. The monoisotopic (exact) mass is 388 g/mol. The Labute approximate surface area is 163 Å². The lowest BCUT2D eigenvalue weighted by atomic mass is 10.1. The third-order valence-electron chi connectivity index (χ3n) is 4.51. The summed E-state index contributed by atoms with van der Waals surface area (Å²) in [5.41, 5.74) is 0.421. The summed E-state index contributed by atoms with van der Waals surface area (Å²) >= 11 is 0. The molecule has 3 rings (SSSR count). The highest BCUT2D eigenvalue weighted by Crippen LogP contribution is 2.20. The molecule has 2 fully saturated rings. The molecule has 0 heterocycles. The van der Waals surface area contributed by atoms with Crippen LogP contribution < -0.4 is 10.6 Å². The van der Waals surface area contributed by atoms with Crippen LogP contribution in [0.3, 0.4) is 0 Å². The van der Waals surface area contributed by atoms with Crippen LogP contribution in [0, 0.1) is 0 Å². The van der Waals surface area contributed by atoms with E-state index >= 15 is 0 Å². The van der Waals surface area contributed by atoms with Crippen molar-refractivity contribution in [3.8, 4) is 0 Å². The van der Waals surface area contributed by atoms with Gasteiger partial charge < -0.3 is 20.1 Å². The fraction of sp³-hybridized carbons (Fsp3) is 0.500. The molecule has 1 aromatic rings. The highest BCUT2D eigenvalue weighted by molar-refractivity contribution is 5.95. The molecule has 150 valence electrons. The molecule has 0 aliphatic heterocycles. The number of rotatable bonds is 8. The lowest BCUT2D eigenvalue weighted by Gasteiger charge is -2.14. The molecule has 0 unspecified atom stereocenters. The summed E-state index contributed by atoms with van der Waals surface area (Å²) in [4.78, 5) is 48.0. The molecule has 2 atom stereocenters. The molecular formula is C20H24N2O6. The van der Waals surface area contributed by atoms with Crippen LogP contribution >= 0.6 is 0 Å². The molecule has 0 saturated heterocycles. The molecule has 2 amide bonds. The lowest BCUT2D eigenvalue weighted by Crippen LogP contribution is -2.37. The van der Waals surface area contributed by atoms with Crippen LogP contribution in [0.25, 0.3) is 0 Å². The van der Waals surface area contributed by atoms with Gasteiger partial charge in [-0.05, 0) is 63.8 Å². The summed E-state index contributed by atoms with van der Waals surface area (Å²) in [6.07, 6.45) is 2.00. The van der Waals surface area contributed by atoms with E-state index in [0.29, 0.717) is 0 Å². The van der Waals surface area contributed by atoms with Gasteiger partial charge in [0.2, 0.25) is 0 Å². The standard InChI is InChI=1S/C20H24N2O6/c1-11(17(23)21-15-7-8-15)27-19(25)13-3-5-14(6-4-13)20(26)28-12(2)18(24)22-16-9-10-16/h3-6,11-12,15-16H,7-10H2,1-2H3,(H,21,23)(H,22,24)/t11-,12-/m1/s1. The van der Waals surface area contributed by atoms with Gasteiger partial charge in [-0.1, -0.05) is 0 Å². The third-order valence-corrected chi connectivity index (χ3v) is 4.51. The predicted molar refractivity (Wildman–Crippen MR) is 98.5 cm³/mol. The van der Waals surface area contributed by atoms with Crippen LogP contribution in [0.2, 0.25) is 0 Å². The zero-order chi connectivity index (χ0) is 20.3. The van der Waals surface area contributed by atoms with Crippen molar-refractivity contribution in [2.24, 2.45) is 0 Å². The molecule has 8 heteroatoms. The van der Waals surface area contributed by atoms with Crippen molar-refractivity contribution >= 4 is 23.8 Å². The Morgan fingerprint density at radius 1 is 0.750 bits per heavy atom. The third kappa shape index (κ3) is 5.55. The van der Waals surface area contributed by atoms with E-state index in [1.807, 2.05) is 0 Å². The number of benzene rings is 1. The Morgan fingerprint density at radius 3 is 1.36 bits per heavy atom. The maximum atomic E-state index is 12.1. The quantitative estimate of drug-likeness (QED) is 0.650. The smallest absolute Gasteiger partial charge is 0.338 e. The van der Waals surface area contributed by atoms with Gasteiger partial charge in [0.1, 0.15) is 0 Å². The Hall–Kier alpha value is -2.90. The second-order valence-electron chi connectivity index (χ2n) is 7.24. The first-order valence-corrected chi connectivity index (χ1v) is 9.46. The van der Waals surface area contributed by atoms with Gasteiger partial charge in [-0.3, -0.25) is 9.59 Å². The van der Waals surface area contributed by atoms with Crippen molar-refractivity contribution in [1.29, 1.82) is 0 Å². The average molecular weight is 388 g/mol. The topological polar surface area (TPSA) is 111 Å². The highest BCUT2D eigenvalue weighted by Gasteiger charge is 2.28. The van der Waals surface area contributed by atoms with Gasteiger partial charge in [-0.2, -0.15) is 0 Å². The normalized spacial score (nSPS) is 17.8. The Balaban J connectivity index is 1.49. The zero-order valence-electron chi connectivity index (χ0n) is 15.9. The molecule has 1 aromatic carbocycles. The minimum absolute atomic E-state index is 0.188. The minimum atomic E-state index is -0.899. The first kappa shape index (κ1) is 19.9. The van der Waals surface area contributed by atoms with E-state index in [1.165, 1.54) is 38.1 Å². The molecule has 2 aliphatic carbocycles. The Bertz CT molecular complexity index is 702. The summed E-state index contributed by atoms with van der Waals surface area (Å²) in [6, 6.07) is 6.04. The van der Waals surface area contributed by atoms with Crippen molar-refractivity contribution in [2.75, 3.05) is 0 Å². The minimum Gasteiger partial charge on any atom is -0.449 e. The number of esters is 2. The van der Waals surface area contributed by atoms with Crippen LogP contribution in [0.15, 0.2) is 24.3 Å². The molecular weight excluding hydrogens is 364 g/mol. The maximum absolute atomic E-state index is 12.1. The molecule has 0 bridgehead atoms. The van der Waals surface area contributed by atoms with E-state index in [0.717, 1.165) is 25.7 Å². The summed E-state index contributed by atoms with van der Waals surface area (Å²) in [5, 5.41) is 5.53. The molecule has 0 spiro atoms. The average Bonchev–Trinajstić information content (AvgIpc) is 3.58. The molecule has 2 N–H and O–H groups in total. The van der Waals surface area contributed by atoms with Crippen molar-refractivity contribution in [3.63, 3.8) is 0 Å². The SMILES string of the molecule is C[C@@H](OC(=O)c1ccc(C(=O)O[C@H](C)C(=O)NC2CC2)cc1)C(=O)NC1CC1. The van der Waals surface area contributed by atoms with E-state index in [4.69, 9.17) is 9.47 Å². The van der Waals surface area contributed by atoms with E-state index < -0.39 is 24.1 Å². The van der Waals surface area contributed by atoms with Crippen molar-refractivity contribution < 1.29 is 28.7 Å². The first-order chi connectivity index (χ1) is 13.3. The van der Waals surface area contributed by atoms with Gasteiger partial charge in [-0.15, -0.1) is 0 Å². The Kier molecular flexibility index (Phi) is 5.96. The molecule has 28 heavy (non-hydrogen) atoms. The molecule has 8 nitrogen and oxygen atoms in total. The van der Waals surface area contributed by atoms with Crippen LogP contribution in [0.1, 0.15) is 60.2 Å². The maximum Gasteiger partial charge on any atom is 0.338 e. The molecule has 2 saturated carbocycles. The zero-order valence-corrected chi connectivity index (χ0v) is 15.9. The number of nitrogens with one attached hydrogen (secondary N) is 2. The number of hydrogen-bond acceptors (Lipinski definition) is 6. The fourth-order valence-electron chi connectivity index (χ4n) is 2.40. The lowest BCUT2D eigenvalue weighted by molar-refractivity contribution is -0.129. The Morgan fingerprint density at radius 2 is 1.07 bits per heavy atom. The summed E-state index contributed by atoms with van der Waals surface area (Å²) in [5.74, 6) is -1.96. The second kappa shape index (κ2) is 8.41. The van der Waals surface area contributed by atoms with Crippen molar-refractivity contribution in [3.05, 3.63) is 35.4 Å². The van der Waals surface area contributed by atoms with Gasteiger partial charge in [0.25, 0.3) is 11.8 Å². The largest absolute Gasteiger partial charge is 0.449 e. The highest BCUT2D eigenvalue weighted by atomic mass is 16.6. The number of hydrogen-bond donors (Lipinski definition) is 2. The van der Waals surface area contributed by atoms with Gasteiger partial charge in [0, 0.05) is 12.1 Å². The van der Waals surface area contributed by atoms with E-state index in [9.17, 15) is 19.2 Å². The predicted octanol–water partition coefficient (Wildman–Crippen LogP) is 1.33. The number of carbonyl (C=O) groups is 4. The fourth-order valence-corrected chi connectivity index (χ4v) is 2.40. The van der Waals surface area contributed by atoms with Gasteiger partial charge >= 0.3 is 11.9 Å². The van der Waals surface area contributed by atoms with Gasteiger partial charge in [0.15, 0.2) is 12.2 Å². The van der Waals surface area contributed by atoms with Crippen LogP contribution in [-0.4, -0.2) is 48.0 Å². The van der Waals surface area contributed by atoms with Gasteiger partial charge in [-0.25, -0.2) is 9.59 Å². The molecule has 0 radical (unpaired) electrons. The van der Waals surface area contributed by atoms with Crippen LogP contribution in [-0.2, 0) is 19.1 Å². The number of amides is 2. The first-order valence-electron chi connectivity index (χ1n) is 9.46. The summed E-state index contributed by atoms with van der Waals surface area (Å²) in [7, 11) is 0. The van der Waals surface area contributed by atoms with Crippen molar-refractivity contribution in [2.45, 2.75) is 63.8 Å². The van der Waals surface area contributed by atoms with Crippen molar-refractivity contribution in [1.82, 2.24) is 10.6 Å². The van der Waals surface area contributed by atoms with E-state index in [-0.39, 0.29) is 35.0 Å².